The maximum absolute atomic E-state index is 5.78. The fourth-order valence-electron chi connectivity index (χ4n) is 1.51. The van der Waals surface area contributed by atoms with Crippen LogP contribution in [0.25, 0.3) is 0 Å². The van der Waals surface area contributed by atoms with Gasteiger partial charge in [-0.15, -0.1) is 0 Å². The third kappa shape index (κ3) is 3.37. The summed E-state index contributed by atoms with van der Waals surface area (Å²) in [6, 6.07) is 0.437. The highest BCUT2D eigenvalue weighted by Gasteiger charge is 2.09. The summed E-state index contributed by atoms with van der Waals surface area (Å²) < 4.78 is 0.968. The van der Waals surface area contributed by atoms with E-state index in [9.17, 15) is 0 Å². The molecular weight excluding hydrogens is 266 g/mol. The molecular formula is C12H20BrN3. The highest BCUT2D eigenvalue weighted by atomic mass is 79.9. The average Bonchev–Trinajstić information content (AvgIpc) is 2.27. The first-order valence-electron chi connectivity index (χ1n) is 5.73. The first-order valence-corrected chi connectivity index (χ1v) is 6.52. The van der Waals surface area contributed by atoms with E-state index in [0.717, 1.165) is 28.0 Å². The number of unbranched alkanes of at least 4 members (excludes halogenated alkanes) is 1. The number of hydrogen-bond acceptors (Lipinski definition) is 3. The average molecular weight is 286 g/mol. The van der Waals surface area contributed by atoms with E-state index in [-0.39, 0.29) is 0 Å². The summed E-state index contributed by atoms with van der Waals surface area (Å²) in [7, 11) is 0. The van der Waals surface area contributed by atoms with Crippen molar-refractivity contribution in [3.63, 3.8) is 0 Å². The third-order valence-corrected chi connectivity index (χ3v) is 3.65. The van der Waals surface area contributed by atoms with Crippen LogP contribution in [0.1, 0.15) is 38.7 Å². The lowest BCUT2D eigenvalue weighted by Crippen LogP contribution is -2.16. The first-order chi connectivity index (χ1) is 7.56. The fourth-order valence-corrected chi connectivity index (χ4v) is 1.95. The van der Waals surface area contributed by atoms with Gasteiger partial charge in [0.15, 0.2) is 0 Å². The predicted octanol–water partition coefficient (Wildman–Crippen LogP) is 3.73. The van der Waals surface area contributed by atoms with Crippen LogP contribution in [0.3, 0.4) is 0 Å². The summed E-state index contributed by atoms with van der Waals surface area (Å²) in [5.74, 6) is 0.885. The van der Waals surface area contributed by atoms with Crippen molar-refractivity contribution in [2.75, 3.05) is 11.1 Å². The second kappa shape index (κ2) is 6.09. The standard InChI is InChI=1S/C12H20BrN3/c1-4-5-6-8(2)16-12-11(13)9(3)10(14)7-15-12/h7-8H,4-6,14H2,1-3H3,(H,15,16). The van der Waals surface area contributed by atoms with Crippen LogP contribution in [0.5, 0.6) is 0 Å². The van der Waals surface area contributed by atoms with Crippen molar-refractivity contribution < 1.29 is 0 Å². The van der Waals surface area contributed by atoms with Gasteiger partial charge in [0.1, 0.15) is 5.82 Å². The number of hydrogen-bond donors (Lipinski definition) is 2. The second-order valence-corrected chi connectivity index (χ2v) is 4.98. The summed E-state index contributed by atoms with van der Waals surface area (Å²) in [5.41, 5.74) is 7.54. The van der Waals surface area contributed by atoms with E-state index in [1.807, 2.05) is 6.92 Å². The van der Waals surface area contributed by atoms with Crippen molar-refractivity contribution in [1.82, 2.24) is 4.98 Å². The maximum atomic E-state index is 5.78. The molecule has 1 unspecified atom stereocenters. The Kier molecular flexibility index (Phi) is 5.06. The number of nitrogens with two attached hydrogens (primary N) is 1. The fraction of sp³-hybridized carbons (Fsp3) is 0.583. The van der Waals surface area contributed by atoms with Crippen LogP contribution < -0.4 is 11.1 Å². The van der Waals surface area contributed by atoms with Crippen molar-refractivity contribution in [2.24, 2.45) is 0 Å². The molecule has 3 N–H and O–H groups in total. The topological polar surface area (TPSA) is 50.9 Å². The smallest absolute Gasteiger partial charge is 0.140 e. The Bertz CT molecular complexity index is 352. The molecule has 0 radical (unpaired) electrons. The number of pyridine rings is 1. The van der Waals surface area contributed by atoms with Gasteiger partial charge >= 0.3 is 0 Å². The lowest BCUT2D eigenvalue weighted by Gasteiger charge is -2.16. The molecule has 1 aromatic heterocycles. The Labute approximate surface area is 106 Å². The van der Waals surface area contributed by atoms with Gasteiger partial charge in [0.05, 0.1) is 16.4 Å². The van der Waals surface area contributed by atoms with Gasteiger partial charge in [0.25, 0.3) is 0 Å². The van der Waals surface area contributed by atoms with Gasteiger partial charge in [-0.1, -0.05) is 19.8 Å². The van der Waals surface area contributed by atoms with E-state index in [0.29, 0.717) is 6.04 Å². The first kappa shape index (κ1) is 13.3. The molecule has 3 nitrogen and oxygen atoms in total. The molecule has 0 aliphatic heterocycles. The van der Waals surface area contributed by atoms with E-state index in [4.69, 9.17) is 5.73 Å². The molecule has 0 saturated heterocycles. The van der Waals surface area contributed by atoms with E-state index in [2.05, 4.69) is 40.1 Å². The number of anilines is 2. The minimum Gasteiger partial charge on any atom is -0.397 e. The van der Waals surface area contributed by atoms with Gasteiger partial charge < -0.3 is 11.1 Å². The van der Waals surface area contributed by atoms with E-state index < -0.39 is 0 Å². The van der Waals surface area contributed by atoms with E-state index in [1.165, 1.54) is 12.8 Å². The number of aromatic nitrogens is 1. The van der Waals surface area contributed by atoms with Crippen LogP contribution >= 0.6 is 15.9 Å². The number of halogens is 1. The van der Waals surface area contributed by atoms with Gasteiger partial charge in [-0.05, 0) is 41.8 Å². The molecule has 1 rings (SSSR count). The zero-order valence-electron chi connectivity index (χ0n) is 10.2. The maximum Gasteiger partial charge on any atom is 0.140 e. The Morgan fingerprint density at radius 2 is 2.25 bits per heavy atom. The van der Waals surface area contributed by atoms with Gasteiger partial charge in [0.2, 0.25) is 0 Å². The summed E-state index contributed by atoms with van der Waals surface area (Å²) in [6.07, 6.45) is 5.32. The lowest BCUT2D eigenvalue weighted by molar-refractivity contribution is 0.643. The Morgan fingerprint density at radius 3 is 2.88 bits per heavy atom. The van der Waals surface area contributed by atoms with Crippen molar-refractivity contribution in [3.8, 4) is 0 Å². The molecule has 0 aliphatic carbocycles. The second-order valence-electron chi connectivity index (χ2n) is 4.19. The number of nitrogen functional groups attached to an aromatic ring is 1. The molecule has 1 atom stereocenters. The summed E-state index contributed by atoms with van der Waals surface area (Å²) in [5, 5.41) is 3.40. The predicted molar refractivity (Wildman–Crippen MR) is 73.7 cm³/mol. The van der Waals surface area contributed by atoms with Gasteiger partial charge in [-0.3, -0.25) is 0 Å². The zero-order chi connectivity index (χ0) is 12.1. The van der Waals surface area contributed by atoms with Crippen LogP contribution in [0.2, 0.25) is 0 Å². The molecule has 4 heteroatoms. The monoisotopic (exact) mass is 285 g/mol. The summed E-state index contributed by atoms with van der Waals surface area (Å²) in [4.78, 5) is 4.30. The molecule has 1 aromatic rings. The molecule has 0 fully saturated rings. The van der Waals surface area contributed by atoms with Crippen molar-refractivity contribution in [3.05, 3.63) is 16.2 Å². The van der Waals surface area contributed by atoms with E-state index >= 15 is 0 Å². The van der Waals surface area contributed by atoms with Crippen LogP contribution in [0.15, 0.2) is 10.7 Å². The normalized spacial score (nSPS) is 12.5. The number of rotatable bonds is 5. The Morgan fingerprint density at radius 1 is 1.56 bits per heavy atom. The summed E-state index contributed by atoms with van der Waals surface area (Å²) in [6.45, 7) is 6.37. The van der Waals surface area contributed by atoms with Crippen LogP contribution in [-0.2, 0) is 0 Å². The SMILES string of the molecule is CCCCC(C)Nc1ncc(N)c(C)c1Br. The molecule has 0 bridgehead atoms. The molecule has 0 aromatic carbocycles. The molecule has 0 spiro atoms. The van der Waals surface area contributed by atoms with Gasteiger partial charge in [-0.2, -0.15) is 0 Å². The van der Waals surface area contributed by atoms with Crippen molar-refractivity contribution in [2.45, 2.75) is 46.1 Å². The Balaban J connectivity index is 2.70. The molecule has 0 aliphatic rings. The largest absolute Gasteiger partial charge is 0.397 e. The highest BCUT2D eigenvalue weighted by molar-refractivity contribution is 9.10. The highest BCUT2D eigenvalue weighted by Crippen LogP contribution is 2.28. The van der Waals surface area contributed by atoms with Gasteiger partial charge in [0, 0.05) is 6.04 Å². The van der Waals surface area contributed by atoms with Gasteiger partial charge in [-0.25, -0.2) is 4.98 Å². The number of nitrogens with zero attached hydrogens (tertiary/aromatic N) is 1. The Hall–Kier alpha value is -0.770. The molecule has 0 saturated carbocycles. The molecule has 90 valence electrons. The number of nitrogens with one attached hydrogen (secondary N) is 1. The quantitative estimate of drug-likeness (QED) is 0.867. The summed E-state index contributed by atoms with van der Waals surface area (Å²) >= 11 is 3.52. The van der Waals surface area contributed by atoms with Crippen LogP contribution in [0, 0.1) is 6.92 Å². The van der Waals surface area contributed by atoms with Crippen molar-refractivity contribution >= 4 is 27.4 Å². The van der Waals surface area contributed by atoms with Crippen LogP contribution in [0.4, 0.5) is 11.5 Å². The minimum atomic E-state index is 0.437. The minimum absolute atomic E-state index is 0.437. The zero-order valence-corrected chi connectivity index (χ0v) is 11.8. The van der Waals surface area contributed by atoms with Crippen LogP contribution in [-0.4, -0.2) is 11.0 Å². The third-order valence-electron chi connectivity index (χ3n) is 2.68. The molecule has 1 heterocycles. The lowest BCUT2D eigenvalue weighted by atomic mass is 10.1. The van der Waals surface area contributed by atoms with Crippen molar-refractivity contribution in [1.29, 1.82) is 0 Å². The molecule has 16 heavy (non-hydrogen) atoms. The molecule has 0 amide bonds. The van der Waals surface area contributed by atoms with E-state index in [1.54, 1.807) is 6.20 Å².